The Morgan fingerprint density at radius 2 is 2.50 bits per heavy atom. The number of rotatable bonds is 4. The van der Waals surface area contributed by atoms with Crippen LogP contribution >= 0.6 is 0 Å². The molecule has 3 nitrogen and oxygen atoms in total. The van der Waals surface area contributed by atoms with E-state index < -0.39 is 0 Å². The molecule has 0 radical (unpaired) electrons. The SMILES string of the molecule is CNCCC=Cc1cnn(C)c1. The highest BCUT2D eigenvalue weighted by Gasteiger charge is 1.87. The van der Waals surface area contributed by atoms with Crippen LogP contribution in [0.3, 0.4) is 0 Å². The Kier molecular flexibility index (Phi) is 3.54. The van der Waals surface area contributed by atoms with Crippen LogP contribution in [-0.4, -0.2) is 23.4 Å². The fourth-order valence-corrected chi connectivity index (χ4v) is 0.973. The number of aromatic nitrogens is 2. The lowest BCUT2D eigenvalue weighted by molar-refractivity contribution is 0.767. The molecule has 0 atom stereocenters. The first-order chi connectivity index (χ1) is 5.83. The third-order valence-corrected chi connectivity index (χ3v) is 1.60. The Bertz CT molecular complexity index is 250. The first-order valence-electron chi connectivity index (χ1n) is 4.12. The van der Waals surface area contributed by atoms with E-state index in [1.807, 2.05) is 26.5 Å². The van der Waals surface area contributed by atoms with Gasteiger partial charge < -0.3 is 5.32 Å². The number of nitrogens with one attached hydrogen (secondary N) is 1. The first-order valence-corrected chi connectivity index (χ1v) is 4.12. The van der Waals surface area contributed by atoms with Crippen molar-refractivity contribution in [3.8, 4) is 0 Å². The van der Waals surface area contributed by atoms with Crippen LogP contribution in [0.5, 0.6) is 0 Å². The Labute approximate surface area is 73.1 Å². The number of nitrogens with zero attached hydrogens (tertiary/aromatic N) is 2. The molecule has 12 heavy (non-hydrogen) atoms. The van der Waals surface area contributed by atoms with E-state index in [9.17, 15) is 0 Å². The van der Waals surface area contributed by atoms with Crippen LogP contribution in [-0.2, 0) is 7.05 Å². The molecule has 0 saturated heterocycles. The van der Waals surface area contributed by atoms with Crippen molar-refractivity contribution >= 4 is 6.08 Å². The van der Waals surface area contributed by atoms with Gasteiger partial charge in [0.2, 0.25) is 0 Å². The quantitative estimate of drug-likeness (QED) is 0.676. The van der Waals surface area contributed by atoms with Gasteiger partial charge in [-0.05, 0) is 20.0 Å². The molecule has 0 unspecified atom stereocenters. The van der Waals surface area contributed by atoms with Gasteiger partial charge in [0.15, 0.2) is 0 Å². The second-order valence-electron chi connectivity index (χ2n) is 2.74. The van der Waals surface area contributed by atoms with Crippen molar-refractivity contribution in [2.24, 2.45) is 7.05 Å². The smallest absolute Gasteiger partial charge is 0.0562 e. The van der Waals surface area contributed by atoms with E-state index in [4.69, 9.17) is 0 Å². The van der Waals surface area contributed by atoms with E-state index in [1.165, 1.54) is 0 Å². The van der Waals surface area contributed by atoms with Crippen molar-refractivity contribution in [2.45, 2.75) is 6.42 Å². The van der Waals surface area contributed by atoms with Crippen LogP contribution in [0.4, 0.5) is 0 Å². The molecule has 0 spiro atoms. The summed E-state index contributed by atoms with van der Waals surface area (Å²) in [6.45, 7) is 1.02. The summed E-state index contributed by atoms with van der Waals surface area (Å²) >= 11 is 0. The summed E-state index contributed by atoms with van der Waals surface area (Å²) in [5, 5.41) is 7.15. The predicted molar refractivity (Wildman–Crippen MR) is 50.8 cm³/mol. The van der Waals surface area contributed by atoms with Crippen LogP contribution < -0.4 is 5.32 Å². The van der Waals surface area contributed by atoms with Crippen LogP contribution in [0.1, 0.15) is 12.0 Å². The van der Waals surface area contributed by atoms with E-state index in [-0.39, 0.29) is 0 Å². The third-order valence-electron chi connectivity index (χ3n) is 1.60. The second-order valence-corrected chi connectivity index (χ2v) is 2.74. The number of aryl methyl sites for hydroxylation is 1. The normalized spacial score (nSPS) is 11.2. The average Bonchev–Trinajstić information content (AvgIpc) is 2.45. The zero-order valence-corrected chi connectivity index (χ0v) is 7.62. The van der Waals surface area contributed by atoms with Gasteiger partial charge in [-0.3, -0.25) is 4.68 Å². The second kappa shape index (κ2) is 4.72. The monoisotopic (exact) mass is 165 g/mol. The molecule has 1 aromatic heterocycles. The van der Waals surface area contributed by atoms with Crippen LogP contribution in [0.2, 0.25) is 0 Å². The number of hydrogen-bond donors (Lipinski definition) is 1. The van der Waals surface area contributed by atoms with Crippen molar-refractivity contribution in [3.05, 3.63) is 24.0 Å². The largest absolute Gasteiger partial charge is 0.319 e. The van der Waals surface area contributed by atoms with Gasteiger partial charge in [0.1, 0.15) is 0 Å². The summed E-state index contributed by atoms with van der Waals surface area (Å²) in [7, 11) is 3.88. The van der Waals surface area contributed by atoms with Crippen molar-refractivity contribution in [3.63, 3.8) is 0 Å². The molecule has 0 aliphatic rings. The topological polar surface area (TPSA) is 29.9 Å². The van der Waals surface area contributed by atoms with Gasteiger partial charge in [-0.25, -0.2) is 0 Å². The van der Waals surface area contributed by atoms with E-state index in [0.717, 1.165) is 18.5 Å². The van der Waals surface area contributed by atoms with Crippen molar-refractivity contribution < 1.29 is 0 Å². The summed E-state index contributed by atoms with van der Waals surface area (Å²) < 4.78 is 1.80. The van der Waals surface area contributed by atoms with Gasteiger partial charge in [0, 0.05) is 18.8 Å². The average molecular weight is 165 g/mol. The van der Waals surface area contributed by atoms with Gasteiger partial charge in [-0.15, -0.1) is 0 Å². The molecular formula is C9H15N3. The highest BCUT2D eigenvalue weighted by Crippen LogP contribution is 1.99. The maximum absolute atomic E-state index is 4.07. The summed E-state index contributed by atoms with van der Waals surface area (Å²) in [5.41, 5.74) is 1.16. The van der Waals surface area contributed by atoms with E-state index >= 15 is 0 Å². The molecule has 1 rings (SSSR count). The molecule has 0 aliphatic heterocycles. The van der Waals surface area contributed by atoms with E-state index in [1.54, 1.807) is 4.68 Å². The molecule has 1 N–H and O–H groups in total. The highest BCUT2D eigenvalue weighted by molar-refractivity contribution is 5.46. The Morgan fingerprint density at radius 3 is 3.08 bits per heavy atom. The first kappa shape index (κ1) is 9.00. The standard InChI is InChI=1S/C9H15N3/c1-10-6-4-3-5-9-7-11-12(2)8-9/h3,5,7-8,10H,4,6H2,1-2H3. The van der Waals surface area contributed by atoms with E-state index in [0.29, 0.717) is 0 Å². The minimum absolute atomic E-state index is 1.02. The molecule has 1 heterocycles. The van der Waals surface area contributed by atoms with Gasteiger partial charge in [0.25, 0.3) is 0 Å². The molecular weight excluding hydrogens is 150 g/mol. The molecule has 0 bridgehead atoms. The molecule has 0 amide bonds. The van der Waals surface area contributed by atoms with Crippen molar-refractivity contribution in [1.29, 1.82) is 0 Å². The maximum Gasteiger partial charge on any atom is 0.0562 e. The summed E-state index contributed by atoms with van der Waals surface area (Å²) in [6, 6.07) is 0. The van der Waals surface area contributed by atoms with Crippen LogP contribution in [0, 0.1) is 0 Å². The predicted octanol–water partition coefficient (Wildman–Crippen LogP) is 1.04. The summed E-state index contributed by atoms with van der Waals surface area (Å²) in [4.78, 5) is 0. The molecule has 0 aliphatic carbocycles. The zero-order chi connectivity index (χ0) is 8.81. The fraction of sp³-hybridized carbons (Fsp3) is 0.444. The number of hydrogen-bond acceptors (Lipinski definition) is 2. The molecule has 1 aromatic rings. The molecule has 0 fully saturated rings. The van der Waals surface area contributed by atoms with Gasteiger partial charge in [-0.2, -0.15) is 5.10 Å². The fourth-order valence-electron chi connectivity index (χ4n) is 0.973. The Balaban J connectivity index is 2.36. The lowest BCUT2D eigenvalue weighted by Gasteiger charge is -1.89. The minimum atomic E-state index is 1.02. The summed E-state index contributed by atoms with van der Waals surface area (Å²) in [5.74, 6) is 0. The van der Waals surface area contributed by atoms with Gasteiger partial charge in [-0.1, -0.05) is 12.2 Å². The van der Waals surface area contributed by atoms with Gasteiger partial charge >= 0.3 is 0 Å². The Hall–Kier alpha value is -1.09. The lowest BCUT2D eigenvalue weighted by Crippen LogP contribution is -2.05. The Morgan fingerprint density at radius 1 is 1.67 bits per heavy atom. The molecule has 0 aromatic carbocycles. The maximum atomic E-state index is 4.07. The van der Waals surface area contributed by atoms with E-state index in [2.05, 4.69) is 22.6 Å². The molecule has 3 heteroatoms. The molecule has 0 saturated carbocycles. The lowest BCUT2D eigenvalue weighted by atomic mass is 10.3. The summed E-state index contributed by atoms with van der Waals surface area (Å²) in [6.07, 6.45) is 9.15. The third kappa shape index (κ3) is 2.88. The minimum Gasteiger partial charge on any atom is -0.319 e. The molecule has 66 valence electrons. The zero-order valence-electron chi connectivity index (χ0n) is 7.62. The van der Waals surface area contributed by atoms with Crippen molar-refractivity contribution in [1.82, 2.24) is 15.1 Å². The van der Waals surface area contributed by atoms with Gasteiger partial charge in [0.05, 0.1) is 6.20 Å². The van der Waals surface area contributed by atoms with Crippen molar-refractivity contribution in [2.75, 3.05) is 13.6 Å². The van der Waals surface area contributed by atoms with Crippen LogP contribution in [0.15, 0.2) is 18.5 Å². The highest BCUT2D eigenvalue weighted by atomic mass is 15.2. The van der Waals surface area contributed by atoms with Crippen LogP contribution in [0.25, 0.3) is 6.08 Å².